The molecular weight excluding hydrogens is 380 g/mol. The van der Waals surface area contributed by atoms with Crippen LogP contribution in [-0.2, 0) is 4.79 Å². The third-order valence-corrected chi connectivity index (χ3v) is 6.33. The van der Waals surface area contributed by atoms with Gasteiger partial charge in [-0.15, -0.1) is 0 Å². The van der Waals surface area contributed by atoms with Gasteiger partial charge in [0.15, 0.2) is 5.78 Å². The van der Waals surface area contributed by atoms with Crippen LogP contribution in [0.1, 0.15) is 55.6 Å². The van der Waals surface area contributed by atoms with Crippen LogP contribution in [0.4, 0.5) is 11.8 Å². The normalized spacial score (nSPS) is 21.0. The first-order valence-corrected chi connectivity index (χ1v) is 10.7. The molecule has 156 valence electrons. The minimum Gasteiger partial charge on any atom is -0.497 e. The van der Waals surface area contributed by atoms with Gasteiger partial charge in [-0.1, -0.05) is 12.1 Å². The van der Waals surface area contributed by atoms with E-state index in [0.717, 1.165) is 50.0 Å². The van der Waals surface area contributed by atoms with Crippen molar-refractivity contribution >= 4 is 17.5 Å². The summed E-state index contributed by atoms with van der Waals surface area (Å²) in [6.45, 7) is 1.79. The number of aromatic amines is 1. The molecule has 1 fully saturated rings. The molecule has 1 atom stereocenters. The number of fused-ring (bicyclic) bond motifs is 1. The molecule has 2 aliphatic heterocycles. The average molecular weight is 406 g/mol. The van der Waals surface area contributed by atoms with Crippen LogP contribution in [0.3, 0.4) is 0 Å². The van der Waals surface area contributed by atoms with Crippen LogP contribution in [0.15, 0.2) is 40.3 Å². The Bertz CT molecular complexity index is 1080. The molecule has 2 N–H and O–H groups in total. The van der Waals surface area contributed by atoms with Gasteiger partial charge in [-0.3, -0.25) is 14.6 Å². The Morgan fingerprint density at radius 2 is 1.93 bits per heavy atom. The zero-order chi connectivity index (χ0) is 20.7. The number of carbonyl (C=O) groups excluding carboxylic acids is 1. The van der Waals surface area contributed by atoms with Gasteiger partial charge in [0, 0.05) is 36.7 Å². The highest BCUT2D eigenvalue weighted by molar-refractivity contribution is 6.00. The summed E-state index contributed by atoms with van der Waals surface area (Å²) in [6.07, 6.45) is 5.52. The number of allylic oxidation sites excluding steroid dienone is 2. The third-order valence-electron chi connectivity index (χ3n) is 6.33. The summed E-state index contributed by atoms with van der Waals surface area (Å²) >= 11 is 0. The van der Waals surface area contributed by atoms with Crippen LogP contribution < -0.4 is 20.5 Å². The Kier molecular flexibility index (Phi) is 4.81. The van der Waals surface area contributed by atoms with E-state index in [1.165, 1.54) is 6.42 Å². The van der Waals surface area contributed by atoms with Gasteiger partial charge in [0.25, 0.3) is 5.56 Å². The van der Waals surface area contributed by atoms with E-state index in [-0.39, 0.29) is 11.3 Å². The lowest BCUT2D eigenvalue weighted by Crippen LogP contribution is -2.36. The summed E-state index contributed by atoms with van der Waals surface area (Å²) in [7, 11) is 1.62. The summed E-state index contributed by atoms with van der Waals surface area (Å²) in [6, 6.07) is 7.62. The van der Waals surface area contributed by atoms with Crippen molar-refractivity contribution in [3.63, 3.8) is 0 Å². The topological polar surface area (TPSA) is 87.3 Å². The summed E-state index contributed by atoms with van der Waals surface area (Å²) in [5.74, 6) is 1.54. The standard InChI is InChI=1S/C23H26N4O3/c1-30-15-8-5-7-14(13-15)18-19-16(9-6-10-17(19)28)24-21-20(18)22(29)26-23(25-21)27-11-3-2-4-12-27/h5,7-8,13,18H,2-4,6,9-12H2,1H3,(H2,24,25,26,29)/t18-/m0/s1. The van der Waals surface area contributed by atoms with Crippen molar-refractivity contribution in [2.75, 3.05) is 30.4 Å². The molecule has 1 aliphatic carbocycles. The van der Waals surface area contributed by atoms with E-state index in [1.807, 2.05) is 24.3 Å². The zero-order valence-corrected chi connectivity index (χ0v) is 17.2. The molecule has 7 nitrogen and oxygen atoms in total. The van der Waals surface area contributed by atoms with Gasteiger partial charge in [-0.05, 0) is 49.8 Å². The summed E-state index contributed by atoms with van der Waals surface area (Å²) in [5, 5.41) is 3.35. The molecule has 7 heteroatoms. The first-order chi connectivity index (χ1) is 14.7. The number of ketones is 1. The van der Waals surface area contributed by atoms with Crippen LogP contribution in [0.25, 0.3) is 0 Å². The molecule has 5 rings (SSSR count). The number of nitrogens with zero attached hydrogens (tertiary/aromatic N) is 2. The number of H-pyrrole nitrogens is 1. The maximum absolute atomic E-state index is 13.3. The van der Waals surface area contributed by atoms with Gasteiger partial charge in [-0.25, -0.2) is 0 Å². The van der Waals surface area contributed by atoms with Crippen molar-refractivity contribution in [2.24, 2.45) is 0 Å². The molecule has 30 heavy (non-hydrogen) atoms. The molecule has 3 heterocycles. The Labute approximate surface area is 175 Å². The maximum atomic E-state index is 13.3. The summed E-state index contributed by atoms with van der Waals surface area (Å²) in [5.41, 5.74) is 2.79. The Morgan fingerprint density at radius 1 is 1.10 bits per heavy atom. The molecule has 1 saturated heterocycles. The lowest BCUT2D eigenvalue weighted by molar-refractivity contribution is -0.116. The fourth-order valence-corrected chi connectivity index (χ4v) is 4.86. The number of rotatable bonds is 3. The lowest BCUT2D eigenvalue weighted by Gasteiger charge is -2.34. The first-order valence-electron chi connectivity index (χ1n) is 10.7. The van der Waals surface area contributed by atoms with Gasteiger partial charge < -0.3 is 15.0 Å². The number of hydrogen-bond donors (Lipinski definition) is 2. The summed E-state index contributed by atoms with van der Waals surface area (Å²) < 4.78 is 5.40. The number of ether oxygens (including phenoxy) is 1. The molecule has 0 unspecified atom stereocenters. The number of Topliss-reactive ketones (excluding diaryl/α,β-unsaturated/α-hetero) is 1. The second kappa shape index (κ2) is 7.63. The molecule has 3 aliphatic rings. The van der Waals surface area contributed by atoms with Crippen molar-refractivity contribution in [1.82, 2.24) is 9.97 Å². The van der Waals surface area contributed by atoms with Gasteiger partial charge in [0.2, 0.25) is 5.95 Å². The van der Waals surface area contributed by atoms with E-state index in [2.05, 4.69) is 15.2 Å². The minimum atomic E-state index is -0.439. The van der Waals surface area contributed by atoms with Gasteiger partial charge in [-0.2, -0.15) is 4.98 Å². The quantitative estimate of drug-likeness (QED) is 0.813. The molecule has 1 aromatic carbocycles. The largest absolute Gasteiger partial charge is 0.497 e. The Hall–Kier alpha value is -3.09. The molecule has 0 bridgehead atoms. The van der Waals surface area contributed by atoms with Gasteiger partial charge in [0.05, 0.1) is 12.7 Å². The van der Waals surface area contributed by atoms with Gasteiger partial charge >= 0.3 is 0 Å². The van der Waals surface area contributed by atoms with Crippen molar-refractivity contribution in [3.8, 4) is 5.75 Å². The fraction of sp³-hybridized carbons (Fsp3) is 0.435. The molecular formula is C23H26N4O3. The molecule has 0 spiro atoms. The number of benzene rings is 1. The molecule has 2 aromatic rings. The summed E-state index contributed by atoms with van der Waals surface area (Å²) in [4.78, 5) is 36.2. The maximum Gasteiger partial charge on any atom is 0.258 e. The number of anilines is 2. The van der Waals surface area contributed by atoms with E-state index in [0.29, 0.717) is 35.1 Å². The van der Waals surface area contributed by atoms with Gasteiger partial charge in [0.1, 0.15) is 11.6 Å². The number of aromatic nitrogens is 2. The highest BCUT2D eigenvalue weighted by Gasteiger charge is 2.38. The molecule has 0 radical (unpaired) electrons. The van der Waals surface area contributed by atoms with Crippen LogP contribution in [0.5, 0.6) is 5.75 Å². The van der Waals surface area contributed by atoms with Crippen LogP contribution in [0.2, 0.25) is 0 Å². The van der Waals surface area contributed by atoms with Crippen molar-refractivity contribution in [3.05, 3.63) is 57.0 Å². The monoisotopic (exact) mass is 406 g/mol. The van der Waals surface area contributed by atoms with Crippen molar-refractivity contribution in [1.29, 1.82) is 0 Å². The van der Waals surface area contributed by atoms with E-state index >= 15 is 0 Å². The van der Waals surface area contributed by atoms with E-state index < -0.39 is 5.92 Å². The highest BCUT2D eigenvalue weighted by atomic mass is 16.5. The smallest absolute Gasteiger partial charge is 0.258 e. The molecule has 1 aromatic heterocycles. The fourth-order valence-electron chi connectivity index (χ4n) is 4.86. The number of carbonyl (C=O) groups is 1. The van der Waals surface area contributed by atoms with Crippen LogP contribution >= 0.6 is 0 Å². The van der Waals surface area contributed by atoms with Crippen LogP contribution in [-0.4, -0.2) is 36.0 Å². The first kappa shape index (κ1) is 18.9. The van der Waals surface area contributed by atoms with E-state index in [1.54, 1.807) is 7.11 Å². The average Bonchev–Trinajstić information content (AvgIpc) is 2.78. The Balaban J connectivity index is 1.67. The van der Waals surface area contributed by atoms with Crippen LogP contribution in [0, 0.1) is 0 Å². The SMILES string of the molecule is COc1cccc([C@H]2C3=C(CCCC3=O)Nc3nc(N4CCCCC4)[nH]c(=O)c32)c1. The number of hydrogen-bond acceptors (Lipinski definition) is 6. The zero-order valence-electron chi connectivity index (χ0n) is 17.2. The number of methoxy groups -OCH3 is 1. The Morgan fingerprint density at radius 3 is 2.73 bits per heavy atom. The second-order valence-electron chi connectivity index (χ2n) is 8.20. The van der Waals surface area contributed by atoms with E-state index in [9.17, 15) is 9.59 Å². The minimum absolute atomic E-state index is 0.0988. The lowest BCUT2D eigenvalue weighted by atomic mass is 9.76. The second-order valence-corrected chi connectivity index (χ2v) is 8.20. The van der Waals surface area contributed by atoms with Crippen molar-refractivity contribution in [2.45, 2.75) is 44.4 Å². The predicted octanol–water partition coefficient (Wildman–Crippen LogP) is 3.33. The predicted molar refractivity (Wildman–Crippen MR) is 115 cm³/mol. The molecule has 0 amide bonds. The van der Waals surface area contributed by atoms with E-state index in [4.69, 9.17) is 9.72 Å². The number of nitrogens with one attached hydrogen (secondary N) is 2. The van der Waals surface area contributed by atoms with Crippen molar-refractivity contribution < 1.29 is 9.53 Å². The highest BCUT2D eigenvalue weighted by Crippen LogP contribution is 2.44. The number of piperidine rings is 1. The molecule has 0 saturated carbocycles. The third kappa shape index (κ3) is 3.18.